The maximum Gasteiger partial charge on any atom is 0.257 e. The van der Waals surface area contributed by atoms with Gasteiger partial charge in [-0.05, 0) is 57.0 Å². The van der Waals surface area contributed by atoms with Gasteiger partial charge in [0.15, 0.2) is 0 Å². The van der Waals surface area contributed by atoms with Crippen molar-refractivity contribution >= 4 is 5.91 Å². The van der Waals surface area contributed by atoms with Crippen LogP contribution in [0.15, 0.2) is 18.2 Å². The molecule has 1 aromatic carbocycles. The van der Waals surface area contributed by atoms with Gasteiger partial charge in [0, 0.05) is 32.3 Å². The third-order valence-corrected chi connectivity index (χ3v) is 5.16. The monoisotopic (exact) mass is 352 g/mol. The Labute approximate surface area is 147 Å². The van der Waals surface area contributed by atoms with Crippen molar-refractivity contribution in [2.24, 2.45) is 0 Å². The van der Waals surface area contributed by atoms with Gasteiger partial charge in [-0.2, -0.15) is 0 Å². The lowest BCUT2D eigenvalue weighted by Gasteiger charge is -2.36. The van der Waals surface area contributed by atoms with Crippen molar-refractivity contribution in [3.63, 3.8) is 0 Å². The van der Waals surface area contributed by atoms with Crippen LogP contribution >= 0.6 is 0 Å². The fourth-order valence-electron chi connectivity index (χ4n) is 3.70. The van der Waals surface area contributed by atoms with Gasteiger partial charge in [-0.15, -0.1) is 0 Å². The van der Waals surface area contributed by atoms with Gasteiger partial charge in [0.2, 0.25) is 0 Å². The Balaban J connectivity index is 1.74. The summed E-state index contributed by atoms with van der Waals surface area (Å²) in [5, 5.41) is 0. The molecule has 4 nitrogen and oxygen atoms in total. The first-order valence-electron chi connectivity index (χ1n) is 9.21. The van der Waals surface area contributed by atoms with Crippen LogP contribution in [0.5, 0.6) is 0 Å². The molecule has 0 unspecified atom stereocenters. The minimum absolute atomic E-state index is 0.0220. The molecule has 2 heterocycles. The number of nitrogens with zero attached hydrogens (tertiary/aromatic N) is 2. The first-order chi connectivity index (χ1) is 12.1. The molecule has 0 bridgehead atoms. The van der Waals surface area contributed by atoms with Crippen molar-refractivity contribution in [1.29, 1.82) is 0 Å². The van der Waals surface area contributed by atoms with Crippen molar-refractivity contribution in [1.82, 2.24) is 9.80 Å². The summed E-state index contributed by atoms with van der Waals surface area (Å²) in [6.45, 7) is 4.61. The molecule has 0 atom stereocenters. The SMILES string of the molecule is O=C(c1cc(F)ccc1F)N(CCN1CCCCC1)C1CCOCC1. The zero-order valence-electron chi connectivity index (χ0n) is 14.6. The van der Waals surface area contributed by atoms with Crippen LogP contribution in [0.1, 0.15) is 42.5 Å². The van der Waals surface area contributed by atoms with Crippen LogP contribution in [0.2, 0.25) is 0 Å². The lowest BCUT2D eigenvalue weighted by molar-refractivity contribution is 0.0256. The Bertz CT molecular complexity index is 585. The number of carbonyl (C=O) groups is 1. The van der Waals surface area contributed by atoms with Crippen LogP contribution in [0.4, 0.5) is 8.78 Å². The fourth-order valence-corrected chi connectivity index (χ4v) is 3.70. The lowest BCUT2D eigenvalue weighted by atomic mass is 10.0. The van der Waals surface area contributed by atoms with Crippen molar-refractivity contribution in [3.8, 4) is 0 Å². The summed E-state index contributed by atoms with van der Waals surface area (Å²) in [5.41, 5.74) is -0.176. The molecule has 6 heteroatoms. The van der Waals surface area contributed by atoms with Crippen molar-refractivity contribution < 1.29 is 18.3 Å². The Morgan fingerprint density at radius 1 is 1.16 bits per heavy atom. The molecular weight excluding hydrogens is 326 g/mol. The fraction of sp³-hybridized carbons (Fsp3) is 0.632. The Kier molecular flexibility index (Phi) is 6.37. The van der Waals surface area contributed by atoms with E-state index in [0.29, 0.717) is 19.8 Å². The molecule has 1 amide bonds. The predicted molar refractivity (Wildman–Crippen MR) is 91.5 cm³/mol. The third kappa shape index (κ3) is 4.76. The van der Waals surface area contributed by atoms with Gasteiger partial charge in [0.1, 0.15) is 11.6 Å². The summed E-state index contributed by atoms with van der Waals surface area (Å²) in [6.07, 6.45) is 5.10. The maximum atomic E-state index is 14.1. The van der Waals surface area contributed by atoms with Gasteiger partial charge in [0.05, 0.1) is 5.56 Å². The van der Waals surface area contributed by atoms with Crippen LogP contribution in [0, 0.1) is 11.6 Å². The van der Waals surface area contributed by atoms with E-state index in [1.165, 1.54) is 19.3 Å². The largest absolute Gasteiger partial charge is 0.381 e. The molecular formula is C19H26F2N2O2. The number of benzene rings is 1. The molecule has 1 aromatic rings. The van der Waals surface area contributed by atoms with Gasteiger partial charge < -0.3 is 14.5 Å². The Morgan fingerprint density at radius 2 is 1.88 bits per heavy atom. The highest BCUT2D eigenvalue weighted by molar-refractivity contribution is 5.94. The standard InChI is InChI=1S/C19H26F2N2O2/c20-15-4-5-18(21)17(14-15)19(24)23(16-6-12-25-13-7-16)11-10-22-8-2-1-3-9-22/h4-5,14,16H,1-3,6-13H2. The first-order valence-corrected chi connectivity index (χ1v) is 9.21. The van der Waals surface area contributed by atoms with E-state index >= 15 is 0 Å². The summed E-state index contributed by atoms with van der Waals surface area (Å²) in [6, 6.07) is 3.09. The molecule has 0 aliphatic carbocycles. The van der Waals surface area contributed by atoms with Gasteiger partial charge >= 0.3 is 0 Å². The number of carbonyl (C=O) groups excluding carboxylic acids is 1. The first kappa shape index (κ1) is 18.3. The number of piperidine rings is 1. The number of hydrogen-bond acceptors (Lipinski definition) is 3. The lowest BCUT2D eigenvalue weighted by Crippen LogP contribution is -2.47. The highest BCUT2D eigenvalue weighted by Gasteiger charge is 2.29. The highest BCUT2D eigenvalue weighted by atomic mass is 19.1. The van der Waals surface area contributed by atoms with E-state index in [0.717, 1.165) is 50.7 Å². The summed E-state index contributed by atoms with van der Waals surface area (Å²) in [5.74, 6) is -1.67. The normalized spacial score (nSPS) is 19.8. The van der Waals surface area contributed by atoms with Crippen LogP contribution in [-0.2, 0) is 4.74 Å². The van der Waals surface area contributed by atoms with E-state index in [1.807, 2.05) is 0 Å². The molecule has 25 heavy (non-hydrogen) atoms. The number of hydrogen-bond donors (Lipinski definition) is 0. The third-order valence-electron chi connectivity index (χ3n) is 5.16. The van der Waals surface area contributed by atoms with E-state index in [4.69, 9.17) is 4.74 Å². The summed E-state index contributed by atoms with van der Waals surface area (Å²) in [4.78, 5) is 17.0. The number of likely N-dealkylation sites (tertiary alicyclic amines) is 1. The molecule has 2 fully saturated rings. The molecule has 0 N–H and O–H groups in total. The van der Waals surface area contributed by atoms with Crippen LogP contribution in [0.3, 0.4) is 0 Å². The molecule has 2 aliphatic heterocycles. The van der Waals surface area contributed by atoms with Gasteiger partial charge in [-0.1, -0.05) is 6.42 Å². The minimum Gasteiger partial charge on any atom is -0.381 e. The summed E-state index contributed by atoms with van der Waals surface area (Å²) in [7, 11) is 0. The molecule has 0 spiro atoms. The quantitative estimate of drug-likeness (QED) is 0.816. The van der Waals surface area contributed by atoms with Crippen LogP contribution < -0.4 is 0 Å². The molecule has 0 radical (unpaired) electrons. The maximum absolute atomic E-state index is 14.1. The van der Waals surface area contributed by atoms with Crippen molar-refractivity contribution in [3.05, 3.63) is 35.4 Å². The zero-order chi connectivity index (χ0) is 17.6. The molecule has 2 saturated heterocycles. The van der Waals surface area contributed by atoms with E-state index in [2.05, 4.69) is 4.90 Å². The Morgan fingerprint density at radius 3 is 2.60 bits per heavy atom. The molecule has 138 valence electrons. The summed E-state index contributed by atoms with van der Waals surface area (Å²) < 4.78 is 33.0. The second kappa shape index (κ2) is 8.72. The predicted octanol–water partition coefficient (Wildman–Crippen LogP) is 3.07. The molecule has 0 saturated carbocycles. The molecule has 2 aliphatic rings. The van der Waals surface area contributed by atoms with Gasteiger partial charge in [-0.3, -0.25) is 4.79 Å². The Hall–Kier alpha value is -1.53. The topological polar surface area (TPSA) is 32.8 Å². The van der Waals surface area contributed by atoms with Gasteiger partial charge in [0.25, 0.3) is 5.91 Å². The zero-order valence-corrected chi connectivity index (χ0v) is 14.6. The van der Waals surface area contributed by atoms with Crippen molar-refractivity contribution in [2.75, 3.05) is 39.4 Å². The highest BCUT2D eigenvalue weighted by Crippen LogP contribution is 2.20. The van der Waals surface area contributed by atoms with Crippen LogP contribution in [-0.4, -0.2) is 61.1 Å². The second-order valence-corrected chi connectivity index (χ2v) is 6.87. The number of amides is 1. The number of rotatable bonds is 5. The average Bonchev–Trinajstić information content (AvgIpc) is 2.65. The van der Waals surface area contributed by atoms with Gasteiger partial charge in [-0.25, -0.2) is 8.78 Å². The van der Waals surface area contributed by atoms with E-state index in [-0.39, 0.29) is 11.6 Å². The number of halogens is 2. The van der Waals surface area contributed by atoms with E-state index in [1.54, 1.807) is 4.90 Å². The summed E-state index contributed by atoms with van der Waals surface area (Å²) >= 11 is 0. The number of ether oxygens (including phenoxy) is 1. The minimum atomic E-state index is -0.665. The van der Waals surface area contributed by atoms with E-state index in [9.17, 15) is 13.6 Å². The van der Waals surface area contributed by atoms with E-state index < -0.39 is 17.5 Å². The average molecular weight is 352 g/mol. The molecule has 0 aromatic heterocycles. The van der Waals surface area contributed by atoms with Crippen LogP contribution in [0.25, 0.3) is 0 Å². The second-order valence-electron chi connectivity index (χ2n) is 6.87. The van der Waals surface area contributed by atoms with Crippen molar-refractivity contribution in [2.45, 2.75) is 38.1 Å². The molecule has 3 rings (SSSR count). The smallest absolute Gasteiger partial charge is 0.257 e.